The number of benzene rings is 2. The van der Waals surface area contributed by atoms with Gasteiger partial charge >= 0.3 is 11.9 Å². The van der Waals surface area contributed by atoms with Crippen LogP contribution >= 0.6 is 22.6 Å². The Morgan fingerprint density at radius 3 is 2.39 bits per heavy atom. The maximum Gasteiger partial charge on any atom is 0.321 e. The fraction of sp³-hybridized carbons (Fsp3) is 0.190. The molecule has 1 aromatic heterocycles. The maximum absolute atomic E-state index is 13.3. The average molecular weight is 489 g/mol. The number of fused-ring (bicyclic) bond motifs is 3. The molecule has 2 aromatic carbocycles. The third-order valence-electron chi connectivity index (χ3n) is 5.45. The highest BCUT2D eigenvalue weighted by Gasteiger charge is 2.50. The van der Waals surface area contributed by atoms with E-state index < -0.39 is 17.4 Å². The predicted molar refractivity (Wildman–Crippen MR) is 111 cm³/mol. The summed E-state index contributed by atoms with van der Waals surface area (Å²) in [6.07, 6.45) is 0.0129. The summed E-state index contributed by atoms with van der Waals surface area (Å²) in [5.74, 6) is -2.88. The number of halogens is 1. The van der Waals surface area contributed by atoms with Crippen LogP contribution in [-0.4, -0.2) is 32.6 Å². The Morgan fingerprint density at radius 2 is 1.71 bits per heavy atom. The highest BCUT2D eigenvalue weighted by Crippen LogP contribution is 2.41. The number of hydrogen-bond acceptors (Lipinski definition) is 3. The van der Waals surface area contributed by atoms with E-state index in [1.165, 1.54) is 0 Å². The summed E-state index contributed by atoms with van der Waals surface area (Å²) in [6, 6.07) is 14.5. The molecule has 0 fully saturated rings. The zero-order chi connectivity index (χ0) is 20.1. The summed E-state index contributed by atoms with van der Waals surface area (Å²) in [4.78, 5) is 36.9. The largest absolute Gasteiger partial charge is 0.480 e. The molecule has 6 nitrogen and oxygen atoms in total. The van der Waals surface area contributed by atoms with Gasteiger partial charge in [0.25, 0.3) is 5.91 Å². The molecule has 3 aromatic rings. The Balaban J connectivity index is 1.94. The lowest BCUT2D eigenvalue weighted by Gasteiger charge is -2.29. The SMILES string of the molecule is O=C(c1cccc(I)c1)n1c2c(c3ccccc31)CC(C(=O)O)(C(=O)O)CC2. The Labute approximate surface area is 173 Å². The zero-order valence-electron chi connectivity index (χ0n) is 14.7. The molecule has 7 heteroatoms. The quantitative estimate of drug-likeness (QED) is 0.433. The number of carboxylic acids is 2. The molecule has 1 aliphatic rings. The first-order valence-corrected chi connectivity index (χ1v) is 9.81. The molecule has 0 atom stereocenters. The van der Waals surface area contributed by atoms with Gasteiger partial charge in [-0.2, -0.15) is 0 Å². The Bertz CT molecular complexity index is 1130. The minimum atomic E-state index is -1.87. The molecule has 2 N–H and O–H groups in total. The number of rotatable bonds is 3. The van der Waals surface area contributed by atoms with Crippen LogP contribution in [0, 0.1) is 8.99 Å². The molecule has 1 aliphatic carbocycles. The molecular weight excluding hydrogens is 473 g/mol. The number of carboxylic acid groups (broad SMARTS) is 2. The number of hydrogen-bond donors (Lipinski definition) is 2. The summed E-state index contributed by atoms with van der Waals surface area (Å²) in [5, 5.41) is 20.0. The number of carbonyl (C=O) groups excluding carboxylic acids is 1. The minimum absolute atomic E-state index is 0.0550. The van der Waals surface area contributed by atoms with Gasteiger partial charge in [-0.25, -0.2) is 0 Å². The maximum atomic E-state index is 13.3. The average Bonchev–Trinajstić information content (AvgIpc) is 3.00. The molecule has 142 valence electrons. The van der Waals surface area contributed by atoms with Crippen LogP contribution in [0.25, 0.3) is 10.9 Å². The molecule has 0 aliphatic heterocycles. The van der Waals surface area contributed by atoms with E-state index in [1.807, 2.05) is 30.3 Å². The molecule has 28 heavy (non-hydrogen) atoms. The number of aliphatic carboxylic acids is 2. The Morgan fingerprint density at radius 1 is 1.00 bits per heavy atom. The van der Waals surface area contributed by atoms with E-state index in [2.05, 4.69) is 22.6 Å². The van der Waals surface area contributed by atoms with Crippen LogP contribution in [0.1, 0.15) is 28.0 Å². The number of carbonyl (C=O) groups is 3. The first-order valence-electron chi connectivity index (χ1n) is 8.73. The molecule has 0 saturated heterocycles. The van der Waals surface area contributed by atoms with Gasteiger partial charge in [-0.15, -0.1) is 0 Å². The molecule has 0 radical (unpaired) electrons. The highest BCUT2D eigenvalue weighted by molar-refractivity contribution is 14.1. The second kappa shape index (κ2) is 6.73. The molecular formula is C21H16INO5. The summed E-state index contributed by atoms with van der Waals surface area (Å²) in [5.41, 5.74) is 0.660. The van der Waals surface area contributed by atoms with Crippen LogP contribution in [0.3, 0.4) is 0 Å². The van der Waals surface area contributed by atoms with Gasteiger partial charge in [0.1, 0.15) is 0 Å². The van der Waals surface area contributed by atoms with Gasteiger partial charge in [-0.1, -0.05) is 24.3 Å². The highest BCUT2D eigenvalue weighted by atomic mass is 127. The van der Waals surface area contributed by atoms with Crippen LogP contribution in [-0.2, 0) is 22.4 Å². The lowest BCUT2D eigenvalue weighted by atomic mass is 9.72. The van der Waals surface area contributed by atoms with E-state index in [0.29, 0.717) is 22.3 Å². The standard InChI is InChI=1S/C21H16INO5/c22-13-5-3-4-12(10-13)18(24)23-16-7-2-1-6-14(16)15-11-21(19(25)26,20(27)28)9-8-17(15)23/h1-7,10H,8-9,11H2,(H,25,26)(H,27,28). The van der Waals surface area contributed by atoms with Gasteiger partial charge in [0.05, 0.1) is 5.52 Å². The number of aromatic nitrogens is 1. The van der Waals surface area contributed by atoms with Crippen molar-refractivity contribution >= 4 is 51.3 Å². The lowest BCUT2D eigenvalue weighted by molar-refractivity contribution is -0.165. The van der Waals surface area contributed by atoms with Crippen LogP contribution in [0.15, 0.2) is 48.5 Å². The smallest absolute Gasteiger partial charge is 0.321 e. The van der Waals surface area contributed by atoms with Crippen molar-refractivity contribution in [3.05, 3.63) is 68.9 Å². The topological polar surface area (TPSA) is 96.6 Å². The first-order chi connectivity index (χ1) is 13.3. The van der Waals surface area contributed by atoms with Crippen molar-refractivity contribution in [1.82, 2.24) is 4.57 Å². The monoisotopic (exact) mass is 489 g/mol. The molecule has 0 unspecified atom stereocenters. The zero-order valence-corrected chi connectivity index (χ0v) is 16.8. The van der Waals surface area contributed by atoms with Crippen LogP contribution in [0.5, 0.6) is 0 Å². The first kappa shape index (κ1) is 18.7. The van der Waals surface area contributed by atoms with Crippen molar-refractivity contribution in [2.75, 3.05) is 0 Å². The lowest BCUT2D eigenvalue weighted by Crippen LogP contribution is -2.44. The molecule has 0 saturated carbocycles. The van der Waals surface area contributed by atoms with Crippen molar-refractivity contribution in [1.29, 1.82) is 0 Å². The van der Waals surface area contributed by atoms with E-state index >= 15 is 0 Å². The van der Waals surface area contributed by atoms with E-state index in [-0.39, 0.29) is 25.2 Å². The van der Waals surface area contributed by atoms with Gasteiger partial charge in [0, 0.05) is 26.6 Å². The van der Waals surface area contributed by atoms with Gasteiger partial charge in [0.2, 0.25) is 0 Å². The van der Waals surface area contributed by atoms with E-state index in [0.717, 1.165) is 8.96 Å². The predicted octanol–water partition coefficient (Wildman–Crippen LogP) is 3.58. The van der Waals surface area contributed by atoms with Crippen LogP contribution < -0.4 is 0 Å². The van der Waals surface area contributed by atoms with Crippen molar-refractivity contribution in [2.24, 2.45) is 5.41 Å². The van der Waals surface area contributed by atoms with Crippen LogP contribution in [0.2, 0.25) is 0 Å². The van der Waals surface area contributed by atoms with Crippen molar-refractivity contribution in [3.63, 3.8) is 0 Å². The second-order valence-electron chi connectivity index (χ2n) is 6.96. The summed E-state index contributed by atoms with van der Waals surface area (Å²) >= 11 is 2.14. The Kier molecular flexibility index (Phi) is 4.49. The molecule has 4 rings (SSSR count). The molecule has 0 bridgehead atoms. The van der Waals surface area contributed by atoms with E-state index in [4.69, 9.17) is 0 Å². The molecule has 0 amide bonds. The van der Waals surface area contributed by atoms with Crippen LogP contribution in [0.4, 0.5) is 0 Å². The third-order valence-corrected chi connectivity index (χ3v) is 6.12. The van der Waals surface area contributed by atoms with E-state index in [1.54, 1.807) is 22.8 Å². The fourth-order valence-electron chi connectivity index (χ4n) is 3.98. The number of para-hydroxylation sites is 1. The van der Waals surface area contributed by atoms with Gasteiger partial charge in [0.15, 0.2) is 5.41 Å². The van der Waals surface area contributed by atoms with Gasteiger partial charge < -0.3 is 10.2 Å². The summed E-state index contributed by atoms with van der Waals surface area (Å²) < 4.78 is 2.55. The third kappa shape index (κ3) is 2.72. The molecule has 1 heterocycles. The Hall–Kier alpha value is -2.68. The summed E-state index contributed by atoms with van der Waals surface area (Å²) in [7, 11) is 0. The van der Waals surface area contributed by atoms with Gasteiger partial charge in [-0.05, 0) is 65.3 Å². The normalized spacial score (nSPS) is 15.2. The van der Waals surface area contributed by atoms with E-state index in [9.17, 15) is 24.6 Å². The number of nitrogens with zero attached hydrogens (tertiary/aromatic N) is 1. The van der Waals surface area contributed by atoms with Gasteiger partial charge in [-0.3, -0.25) is 19.0 Å². The molecule has 0 spiro atoms. The summed E-state index contributed by atoms with van der Waals surface area (Å²) in [6.45, 7) is 0. The van der Waals surface area contributed by atoms with Crippen molar-refractivity contribution in [2.45, 2.75) is 19.3 Å². The van der Waals surface area contributed by atoms with Crippen molar-refractivity contribution in [3.8, 4) is 0 Å². The fourth-order valence-corrected chi connectivity index (χ4v) is 4.52. The second-order valence-corrected chi connectivity index (χ2v) is 8.21. The van der Waals surface area contributed by atoms with Crippen molar-refractivity contribution < 1.29 is 24.6 Å². The minimum Gasteiger partial charge on any atom is -0.480 e.